The molecule has 3 N–H and O–H groups in total. The monoisotopic (exact) mass is 222 g/mol. The first-order valence-electron chi connectivity index (χ1n) is 7.10. The lowest BCUT2D eigenvalue weighted by Gasteiger charge is -2.59. The minimum Gasteiger partial charge on any atom is -0.330 e. The molecule has 4 aliphatic rings. The molecule has 2 heteroatoms. The van der Waals surface area contributed by atoms with E-state index in [1.54, 1.807) is 0 Å². The molecule has 4 saturated carbocycles. The molecular weight excluding hydrogens is 196 g/mol. The molecule has 4 bridgehead atoms. The van der Waals surface area contributed by atoms with Crippen molar-refractivity contribution < 1.29 is 0 Å². The molecule has 0 heterocycles. The fourth-order valence-electron chi connectivity index (χ4n) is 5.47. The zero-order chi connectivity index (χ0) is 11.2. The second kappa shape index (κ2) is 3.99. The molecule has 0 aliphatic heterocycles. The summed E-state index contributed by atoms with van der Waals surface area (Å²) < 4.78 is 0. The second-order valence-electron chi connectivity index (χ2n) is 6.77. The van der Waals surface area contributed by atoms with Gasteiger partial charge in [0.05, 0.1) is 0 Å². The summed E-state index contributed by atoms with van der Waals surface area (Å²) in [6.45, 7) is 2.01. The van der Waals surface area contributed by atoms with Gasteiger partial charge < -0.3 is 11.1 Å². The average Bonchev–Trinajstić information content (AvgIpc) is 2.23. The van der Waals surface area contributed by atoms with Crippen molar-refractivity contribution in [1.82, 2.24) is 5.32 Å². The summed E-state index contributed by atoms with van der Waals surface area (Å²) in [5, 5.41) is 3.36. The largest absolute Gasteiger partial charge is 0.330 e. The van der Waals surface area contributed by atoms with E-state index >= 15 is 0 Å². The lowest BCUT2D eigenvalue weighted by Crippen LogP contribution is -2.53. The van der Waals surface area contributed by atoms with Crippen molar-refractivity contribution in [3.05, 3.63) is 0 Å². The Hall–Kier alpha value is -0.0800. The summed E-state index contributed by atoms with van der Waals surface area (Å²) in [5.74, 6) is 3.89. The van der Waals surface area contributed by atoms with Crippen LogP contribution in [0.3, 0.4) is 0 Å². The van der Waals surface area contributed by atoms with Crippen molar-refractivity contribution in [2.24, 2.45) is 34.8 Å². The molecule has 4 rings (SSSR count). The number of hydrogen-bond donors (Lipinski definition) is 2. The van der Waals surface area contributed by atoms with E-state index in [1.165, 1.54) is 38.5 Å². The van der Waals surface area contributed by atoms with Crippen LogP contribution >= 0.6 is 0 Å². The molecule has 0 spiro atoms. The van der Waals surface area contributed by atoms with E-state index in [0.29, 0.717) is 5.41 Å². The highest BCUT2D eigenvalue weighted by Crippen LogP contribution is 2.62. The second-order valence-corrected chi connectivity index (χ2v) is 6.77. The maximum absolute atomic E-state index is 6.04. The zero-order valence-corrected chi connectivity index (χ0v) is 10.5. The maximum atomic E-state index is 6.04. The molecule has 0 radical (unpaired) electrons. The predicted octanol–water partition coefficient (Wildman–Crippen LogP) is 2.00. The van der Waals surface area contributed by atoms with Crippen molar-refractivity contribution in [2.75, 3.05) is 20.1 Å². The fourth-order valence-corrected chi connectivity index (χ4v) is 5.47. The van der Waals surface area contributed by atoms with E-state index < -0.39 is 0 Å². The van der Waals surface area contributed by atoms with Crippen LogP contribution in [0.15, 0.2) is 0 Å². The van der Waals surface area contributed by atoms with E-state index in [-0.39, 0.29) is 0 Å². The van der Waals surface area contributed by atoms with Crippen molar-refractivity contribution in [3.8, 4) is 0 Å². The van der Waals surface area contributed by atoms with Gasteiger partial charge in [-0.15, -0.1) is 0 Å². The van der Waals surface area contributed by atoms with Gasteiger partial charge in [0.25, 0.3) is 0 Å². The first kappa shape index (κ1) is 11.0. The number of nitrogens with two attached hydrogens (primary N) is 1. The highest BCUT2D eigenvalue weighted by atomic mass is 14.8. The molecule has 16 heavy (non-hydrogen) atoms. The van der Waals surface area contributed by atoms with Gasteiger partial charge in [0, 0.05) is 0 Å². The van der Waals surface area contributed by atoms with Gasteiger partial charge in [0.15, 0.2) is 0 Å². The highest BCUT2D eigenvalue weighted by molar-refractivity contribution is 5.04. The third kappa shape index (κ3) is 1.62. The third-order valence-corrected chi connectivity index (χ3v) is 5.69. The van der Waals surface area contributed by atoms with Gasteiger partial charge in [-0.05, 0) is 87.7 Å². The number of nitrogens with one attached hydrogen (secondary N) is 1. The topological polar surface area (TPSA) is 38.0 Å². The van der Waals surface area contributed by atoms with Crippen LogP contribution < -0.4 is 11.1 Å². The Morgan fingerprint density at radius 3 is 2.00 bits per heavy atom. The van der Waals surface area contributed by atoms with Crippen LogP contribution in [0.2, 0.25) is 0 Å². The van der Waals surface area contributed by atoms with E-state index in [2.05, 4.69) is 12.4 Å². The Kier molecular flexibility index (Phi) is 2.75. The summed E-state index contributed by atoms with van der Waals surface area (Å²) in [4.78, 5) is 0. The molecule has 0 saturated heterocycles. The molecule has 4 aliphatic carbocycles. The lowest BCUT2D eigenvalue weighted by molar-refractivity contribution is -0.0841. The molecule has 0 aromatic carbocycles. The normalized spacial score (nSPS) is 47.2. The maximum Gasteiger partial charge on any atom is -0.000613 e. The van der Waals surface area contributed by atoms with Gasteiger partial charge in [-0.3, -0.25) is 0 Å². The molecular formula is C14H26N2. The number of hydrogen-bond acceptors (Lipinski definition) is 2. The van der Waals surface area contributed by atoms with Crippen LogP contribution in [0.5, 0.6) is 0 Å². The van der Waals surface area contributed by atoms with Gasteiger partial charge in [-0.2, -0.15) is 0 Å². The standard InChI is InChI=1S/C14H26N2/c1-16-9-13(8-15)14-5-10-2-11(6-14)4-12(3-10)7-14/h10-13,16H,2-9,15H2,1H3. The van der Waals surface area contributed by atoms with Gasteiger partial charge in [-0.1, -0.05) is 0 Å². The molecule has 0 aromatic heterocycles. The van der Waals surface area contributed by atoms with Gasteiger partial charge in [0.2, 0.25) is 0 Å². The van der Waals surface area contributed by atoms with Crippen molar-refractivity contribution >= 4 is 0 Å². The summed E-state index contributed by atoms with van der Waals surface area (Å²) in [6, 6.07) is 0. The average molecular weight is 222 g/mol. The molecule has 1 unspecified atom stereocenters. The fraction of sp³-hybridized carbons (Fsp3) is 1.00. The SMILES string of the molecule is CNCC(CN)C12CC3CC(CC(C3)C1)C2. The Balaban J connectivity index is 1.81. The third-order valence-electron chi connectivity index (χ3n) is 5.69. The summed E-state index contributed by atoms with van der Waals surface area (Å²) in [5.41, 5.74) is 6.67. The van der Waals surface area contributed by atoms with Crippen molar-refractivity contribution in [2.45, 2.75) is 38.5 Å². The molecule has 4 fully saturated rings. The van der Waals surface area contributed by atoms with E-state index in [1.807, 2.05) is 0 Å². The Morgan fingerprint density at radius 2 is 1.62 bits per heavy atom. The summed E-state index contributed by atoms with van der Waals surface area (Å²) >= 11 is 0. The van der Waals surface area contributed by atoms with E-state index in [4.69, 9.17) is 5.73 Å². The Labute approximate surface area is 99.4 Å². The zero-order valence-electron chi connectivity index (χ0n) is 10.5. The minimum atomic E-state index is 0.631. The van der Waals surface area contributed by atoms with Gasteiger partial charge in [0.1, 0.15) is 0 Å². The number of rotatable bonds is 4. The van der Waals surface area contributed by atoms with E-state index in [0.717, 1.165) is 36.8 Å². The molecule has 92 valence electrons. The predicted molar refractivity (Wildman–Crippen MR) is 67.1 cm³/mol. The molecule has 2 nitrogen and oxygen atoms in total. The van der Waals surface area contributed by atoms with Crippen molar-refractivity contribution in [1.29, 1.82) is 0 Å². The van der Waals surface area contributed by atoms with Crippen LogP contribution in [-0.4, -0.2) is 20.1 Å². The quantitative estimate of drug-likeness (QED) is 0.763. The molecule has 0 aromatic rings. The van der Waals surface area contributed by atoms with Crippen LogP contribution in [0.25, 0.3) is 0 Å². The van der Waals surface area contributed by atoms with Crippen LogP contribution in [0.1, 0.15) is 38.5 Å². The van der Waals surface area contributed by atoms with Gasteiger partial charge in [-0.25, -0.2) is 0 Å². The summed E-state index contributed by atoms with van der Waals surface area (Å²) in [6.07, 6.45) is 9.08. The van der Waals surface area contributed by atoms with Crippen LogP contribution in [0, 0.1) is 29.1 Å². The molecule has 1 atom stereocenters. The Bertz CT molecular complexity index is 226. The minimum absolute atomic E-state index is 0.631. The first-order chi connectivity index (χ1) is 7.75. The van der Waals surface area contributed by atoms with Gasteiger partial charge >= 0.3 is 0 Å². The molecule has 0 amide bonds. The lowest BCUT2D eigenvalue weighted by atomic mass is 9.46. The Morgan fingerprint density at radius 1 is 1.12 bits per heavy atom. The van der Waals surface area contributed by atoms with E-state index in [9.17, 15) is 0 Å². The van der Waals surface area contributed by atoms with Crippen molar-refractivity contribution in [3.63, 3.8) is 0 Å². The van der Waals surface area contributed by atoms with Crippen LogP contribution in [0.4, 0.5) is 0 Å². The summed E-state index contributed by atoms with van der Waals surface area (Å²) in [7, 11) is 2.07. The first-order valence-corrected chi connectivity index (χ1v) is 7.10. The highest BCUT2D eigenvalue weighted by Gasteiger charge is 2.53. The smallest absolute Gasteiger partial charge is 0.000613 e. The van der Waals surface area contributed by atoms with Crippen LogP contribution in [-0.2, 0) is 0 Å².